The lowest BCUT2D eigenvalue weighted by Crippen LogP contribution is -2.12. The maximum atomic E-state index is 12.1. The van der Waals surface area contributed by atoms with Gasteiger partial charge in [-0.2, -0.15) is 0 Å². The van der Waals surface area contributed by atoms with E-state index in [1.54, 1.807) is 6.20 Å². The summed E-state index contributed by atoms with van der Waals surface area (Å²) >= 11 is 0. The molecule has 1 aliphatic carbocycles. The second kappa shape index (κ2) is 6.53. The zero-order valence-corrected chi connectivity index (χ0v) is 12.1. The SMILES string of the molecule is O=C(CCNc1cccc2cccnc12)C1=CCCCC1. The van der Waals surface area contributed by atoms with Crippen LogP contribution in [0.3, 0.4) is 0 Å². The van der Waals surface area contributed by atoms with Crippen molar-refractivity contribution < 1.29 is 4.79 Å². The van der Waals surface area contributed by atoms with Crippen LogP contribution in [0.4, 0.5) is 5.69 Å². The monoisotopic (exact) mass is 280 g/mol. The molecule has 1 heterocycles. The van der Waals surface area contributed by atoms with E-state index >= 15 is 0 Å². The molecule has 0 spiro atoms. The highest BCUT2D eigenvalue weighted by molar-refractivity contribution is 5.96. The van der Waals surface area contributed by atoms with Crippen molar-refractivity contribution in [1.29, 1.82) is 0 Å². The maximum Gasteiger partial charge on any atom is 0.160 e. The normalized spacial score (nSPS) is 14.8. The number of anilines is 1. The molecule has 3 nitrogen and oxygen atoms in total. The second-order valence-corrected chi connectivity index (χ2v) is 5.46. The standard InChI is InChI=1S/C18H20N2O/c21-17(14-6-2-1-3-7-14)11-13-19-16-10-4-8-15-9-5-12-20-18(15)16/h4-6,8-10,12,19H,1-3,7,11,13H2. The first-order chi connectivity index (χ1) is 10.3. The molecule has 1 aromatic carbocycles. The molecule has 2 aromatic rings. The number of benzene rings is 1. The zero-order chi connectivity index (χ0) is 14.5. The van der Waals surface area contributed by atoms with Crippen LogP contribution in [0.5, 0.6) is 0 Å². The number of nitrogens with zero attached hydrogens (tertiary/aromatic N) is 1. The first-order valence-corrected chi connectivity index (χ1v) is 7.64. The zero-order valence-electron chi connectivity index (χ0n) is 12.1. The Hall–Kier alpha value is -2.16. The van der Waals surface area contributed by atoms with Gasteiger partial charge >= 0.3 is 0 Å². The van der Waals surface area contributed by atoms with Crippen LogP contribution in [0.2, 0.25) is 0 Å². The molecule has 0 unspecified atom stereocenters. The summed E-state index contributed by atoms with van der Waals surface area (Å²) in [7, 11) is 0. The van der Waals surface area contributed by atoms with E-state index < -0.39 is 0 Å². The highest BCUT2D eigenvalue weighted by Gasteiger charge is 2.12. The van der Waals surface area contributed by atoms with E-state index in [2.05, 4.69) is 16.4 Å². The molecule has 108 valence electrons. The molecule has 1 aromatic heterocycles. The van der Waals surface area contributed by atoms with Crippen LogP contribution in [0.15, 0.2) is 48.2 Å². The fourth-order valence-electron chi connectivity index (χ4n) is 2.81. The Morgan fingerprint density at radius 3 is 2.95 bits per heavy atom. The van der Waals surface area contributed by atoms with Gasteiger partial charge in [0.15, 0.2) is 5.78 Å². The minimum Gasteiger partial charge on any atom is -0.383 e. The Morgan fingerprint density at radius 2 is 2.10 bits per heavy atom. The van der Waals surface area contributed by atoms with Crippen molar-refractivity contribution in [1.82, 2.24) is 4.98 Å². The average Bonchev–Trinajstić information content (AvgIpc) is 2.56. The Balaban J connectivity index is 1.62. The number of hydrogen-bond acceptors (Lipinski definition) is 3. The summed E-state index contributed by atoms with van der Waals surface area (Å²) in [6.45, 7) is 0.659. The highest BCUT2D eigenvalue weighted by Crippen LogP contribution is 2.21. The molecule has 0 atom stereocenters. The third-order valence-corrected chi connectivity index (χ3v) is 3.95. The summed E-state index contributed by atoms with van der Waals surface area (Å²) < 4.78 is 0. The average molecular weight is 280 g/mol. The lowest BCUT2D eigenvalue weighted by atomic mass is 9.95. The molecule has 0 saturated carbocycles. The van der Waals surface area contributed by atoms with E-state index in [9.17, 15) is 4.79 Å². The number of hydrogen-bond donors (Lipinski definition) is 1. The number of ketones is 1. The van der Waals surface area contributed by atoms with E-state index in [0.29, 0.717) is 13.0 Å². The third-order valence-electron chi connectivity index (χ3n) is 3.95. The number of allylic oxidation sites excluding steroid dienone is 2. The second-order valence-electron chi connectivity index (χ2n) is 5.46. The van der Waals surface area contributed by atoms with Crippen molar-refractivity contribution in [3.8, 4) is 0 Å². The molecule has 0 fully saturated rings. The smallest absolute Gasteiger partial charge is 0.160 e. The van der Waals surface area contributed by atoms with E-state index in [0.717, 1.165) is 41.4 Å². The molecule has 1 N–H and O–H groups in total. The van der Waals surface area contributed by atoms with Gasteiger partial charge < -0.3 is 5.32 Å². The molecular formula is C18H20N2O. The molecule has 3 rings (SSSR count). The van der Waals surface area contributed by atoms with Crippen LogP contribution < -0.4 is 5.32 Å². The van der Waals surface area contributed by atoms with Crippen LogP contribution >= 0.6 is 0 Å². The summed E-state index contributed by atoms with van der Waals surface area (Å²) in [4.78, 5) is 16.5. The number of para-hydroxylation sites is 1. The molecule has 0 aliphatic heterocycles. The largest absolute Gasteiger partial charge is 0.383 e. The van der Waals surface area contributed by atoms with Gasteiger partial charge in [-0.3, -0.25) is 9.78 Å². The van der Waals surface area contributed by atoms with Gasteiger partial charge in [-0.05, 0) is 43.4 Å². The molecule has 3 heteroatoms. The Morgan fingerprint density at radius 1 is 1.19 bits per heavy atom. The number of carbonyl (C=O) groups excluding carboxylic acids is 1. The highest BCUT2D eigenvalue weighted by atomic mass is 16.1. The van der Waals surface area contributed by atoms with Gasteiger partial charge in [0, 0.05) is 24.5 Å². The van der Waals surface area contributed by atoms with Gasteiger partial charge in [-0.25, -0.2) is 0 Å². The molecule has 1 aliphatic rings. The van der Waals surface area contributed by atoms with Crippen LogP contribution in [0.25, 0.3) is 10.9 Å². The van der Waals surface area contributed by atoms with Gasteiger partial charge in [0.1, 0.15) is 0 Å². The summed E-state index contributed by atoms with van der Waals surface area (Å²) in [5.41, 5.74) is 2.99. The van der Waals surface area contributed by atoms with Gasteiger partial charge in [-0.1, -0.05) is 24.3 Å². The van der Waals surface area contributed by atoms with Crippen LogP contribution in [0.1, 0.15) is 32.1 Å². The number of nitrogens with one attached hydrogen (secondary N) is 1. The van der Waals surface area contributed by atoms with Gasteiger partial charge in [0.25, 0.3) is 0 Å². The maximum absolute atomic E-state index is 12.1. The topological polar surface area (TPSA) is 42.0 Å². The minimum atomic E-state index is 0.287. The summed E-state index contributed by atoms with van der Waals surface area (Å²) in [5, 5.41) is 4.46. The number of Topliss-reactive ketones (excluding diaryl/α,β-unsaturated/α-hetero) is 1. The lowest BCUT2D eigenvalue weighted by molar-refractivity contribution is -0.115. The molecule has 21 heavy (non-hydrogen) atoms. The Kier molecular flexibility index (Phi) is 4.29. The number of pyridine rings is 1. The predicted molar refractivity (Wildman–Crippen MR) is 86.4 cm³/mol. The molecule has 0 radical (unpaired) electrons. The molecular weight excluding hydrogens is 260 g/mol. The number of carbonyl (C=O) groups is 1. The van der Waals surface area contributed by atoms with E-state index in [4.69, 9.17) is 0 Å². The van der Waals surface area contributed by atoms with Crippen LogP contribution in [-0.4, -0.2) is 17.3 Å². The predicted octanol–water partition coefficient (Wildman–Crippen LogP) is 4.11. The Bertz CT molecular complexity index is 670. The van der Waals surface area contributed by atoms with Crippen molar-refractivity contribution in [3.63, 3.8) is 0 Å². The Labute approximate surface area is 125 Å². The fourth-order valence-corrected chi connectivity index (χ4v) is 2.81. The van der Waals surface area contributed by atoms with Crippen molar-refractivity contribution >= 4 is 22.4 Å². The van der Waals surface area contributed by atoms with E-state index in [1.165, 1.54) is 6.42 Å². The van der Waals surface area contributed by atoms with E-state index in [1.807, 2.05) is 30.3 Å². The third kappa shape index (κ3) is 3.30. The summed E-state index contributed by atoms with van der Waals surface area (Å²) in [5.74, 6) is 0.287. The van der Waals surface area contributed by atoms with Crippen molar-refractivity contribution in [2.75, 3.05) is 11.9 Å². The van der Waals surface area contributed by atoms with Crippen LogP contribution in [0, 0.1) is 0 Å². The van der Waals surface area contributed by atoms with Gasteiger partial charge in [0.05, 0.1) is 11.2 Å². The number of rotatable bonds is 5. The van der Waals surface area contributed by atoms with Gasteiger partial charge in [-0.15, -0.1) is 0 Å². The van der Waals surface area contributed by atoms with Gasteiger partial charge in [0.2, 0.25) is 0 Å². The van der Waals surface area contributed by atoms with Crippen LogP contribution in [-0.2, 0) is 4.79 Å². The lowest BCUT2D eigenvalue weighted by Gasteiger charge is -2.12. The van der Waals surface area contributed by atoms with E-state index in [-0.39, 0.29) is 5.78 Å². The number of aromatic nitrogens is 1. The quantitative estimate of drug-likeness (QED) is 0.896. The van der Waals surface area contributed by atoms with Crippen molar-refractivity contribution in [2.24, 2.45) is 0 Å². The number of fused-ring (bicyclic) bond motifs is 1. The van der Waals surface area contributed by atoms with Crippen molar-refractivity contribution in [3.05, 3.63) is 48.2 Å². The summed E-state index contributed by atoms with van der Waals surface area (Å²) in [6.07, 6.45) is 8.84. The fraction of sp³-hybridized carbons (Fsp3) is 0.333. The molecule has 0 amide bonds. The summed E-state index contributed by atoms with van der Waals surface area (Å²) in [6, 6.07) is 10.1. The molecule has 0 bridgehead atoms. The van der Waals surface area contributed by atoms with Crippen molar-refractivity contribution in [2.45, 2.75) is 32.1 Å². The molecule has 0 saturated heterocycles. The minimum absolute atomic E-state index is 0.287. The first kappa shape index (κ1) is 13.8. The first-order valence-electron chi connectivity index (χ1n) is 7.64.